The molecule has 1 aromatic carbocycles. The number of aryl methyl sites for hydroxylation is 2. The fourth-order valence-corrected chi connectivity index (χ4v) is 1.94. The van der Waals surface area contributed by atoms with E-state index < -0.39 is 12.5 Å². The van der Waals surface area contributed by atoms with Gasteiger partial charge in [0.25, 0.3) is 6.43 Å². The van der Waals surface area contributed by atoms with Gasteiger partial charge in [0.1, 0.15) is 0 Å². The lowest BCUT2D eigenvalue weighted by atomic mass is 10.0. The Morgan fingerprint density at radius 3 is 2.57 bits per heavy atom. The van der Waals surface area contributed by atoms with Crippen molar-refractivity contribution in [2.24, 2.45) is 5.73 Å². The third kappa shape index (κ3) is 1.64. The van der Waals surface area contributed by atoms with Crippen LogP contribution in [0.15, 0.2) is 18.2 Å². The molecule has 0 aliphatic heterocycles. The van der Waals surface area contributed by atoms with Crippen molar-refractivity contribution >= 4 is 0 Å². The summed E-state index contributed by atoms with van der Waals surface area (Å²) in [6, 6.07) is 4.35. The fourth-order valence-electron chi connectivity index (χ4n) is 1.94. The van der Waals surface area contributed by atoms with E-state index in [2.05, 4.69) is 0 Å². The van der Waals surface area contributed by atoms with Gasteiger partial charge in [0.2, 0.25) is 0 Å². The van der Waals surface area contributed by atoms with Gasteiger partial charge in [0.15, 0.2) is 0 Å². The first kappa shape index (κ1) is 9.59. The number of fused-ring (bicyclic) bond motifs is 1. The summed E-state index contributed by atoms with van der Waals surface area (Å²) in [6.45, 7) is 0. The molecule has 0 spiro atoms. The fraction of sp³-hybridized carbons (Fsp3) is 0.455. The molecule has 1 aliphatic carbocycles. The van der Waals surface area contributed by atoms with Crippen molar-refractivity contribution in [1.29, 1.82) is 0 Å². The van der Waals surface area contributed by atoms with Crippen LogP contribution in [0.2, 0.25) is 0 Å². The van der Waals surface area contributed by atoms with Crippen LogP contribution in [0.3, 0.4) is 0 Å². The maximum Gasteiger partial charge on any atom is 0.257 e. The van der Waals surface area contributed by atoms with Gasteiger partial charge >= 0.3 is 0 Å². The Morgan fingerprint density at radius 1 is 1.14 bits per heavy atom. The summed E-state index contributed by atoms with van der Waals surface area (Å²) in [5.41, 5.74) is 8.42. The monoisotopic (exact) mass is 197 g/mol. The molecule has 2 rings (SSSR count). The highest BCUT2D eigenvalue weighted by Gasteiger charge is 2.19. The van der Waals surface area contributed by atoms with Crippen molar-refractivity contribution < 1.29 is 8.78 Å². The molecule has 76 valence electrons. The predicted molar refractivity (Wildman–Crippen MR) is 51.4 cm³/mol. The van der Waals surface area contributed by atoms with Gasteiger partial charge in [-0.2, -0.15) is 0 Å². The molecule has 14 heavy (non-hydrogen) atoms. The number of alkyl halides is 2. The first-order valence-electron chi connectivity index (χ1n) is 4.84. The van der Waals surface area contributed by atoms with E-state index in [0.717, 1.165) is 19.3 Å². The van der Waals surface area contributed by atoms with Crippen molar-refractivity contribution in [3.05, 3.63) is 34.9 Å². The number of halogens is 2. The van der Waals surface area contributed by atoms with Crippen molar-refractivity contribution in [2.45, 2.75) is 31.7 Å². The van der Waals surface area contributed by atoms with Crippen LogP contribution in [0.25, 0.3) is 0 Å². The van der Waals surface area contributed by atoms with Gasteiger partial charge in [-0.3, -0.25) is 0 Å². The zero-order valence-electron chi connectivity index (χ0n) is 7.84. The molecular weight excluding hydrogens is 184 g/mol. The third-order valence-electron chi connectivity index (χ3n) is 2.78. The molecule has 0 heterocycles. The van der Waals surface area contributed by atoms with Gasteiger partial charge in [-0.1, -0.05) is 18.2 Å². The number of hydrogen-bond acceptors (Lipinski definition) is 1. The number of hydrogen-bond donors (Lipinski definition) is 1. The first-order valence-corrected chi connectivity index (χ1v) is 4.84. The molecule has 1 nitrogen and oxygen atoms in total. The molecule has 0 bridgehead atoms. The number of nitrogens with two attached hydrogens (primary N) is 1. The normalized spacial score (nSPS) is 17.1. The summed E-state index contributed by atoms with van der Waals surface area (Å²) in [5, 5.41) is 0. The van der Waals surface area contributed by atoms with Gasteiger partial charge < -0.3 is 5.73 Å². The summed E-state index contributed by atoms with van der Waals surface area (Å²) in [5.74, 6) is 0. The van der Waals surface area contributed by atoms with E-state index >= 15 is 0 Å². The minimum Gasteiger partial charge on any atom is -0.319 e. The van der Waals surface area contributed by atoms with Crippen molar-refractivity contribution in [3.63, 3.8) is 0 Å². The zero-order chi connectivity index (χ0) is 10.1. The van der Waals surface area contributed by atoms with Gasteiger partial charge in [0.05, 0.1) is 6.04 Å². The standard InChI is InChI=1S/C11H13F2N/c12-11(13)10(14)9-5-4-7-2-1-3-8(7)6-9/h4-6,10-11H,1-3,14H2. The summed E-state index contributed by atoms with van der Waals surface area (Å²) in [7, 11) is 0. The quantitative estimate of drug-likeness (QED) is 0.774. The van der Waals surface area contributed by atoms with Crippen LogP contribution in [0, 0.1) is 0 Å². The molecule has 0 radical (unpaired) electrons. The molecule has 3 heteroatoms. The average molecular weight is 197 g/mol. The second kappa shape index (κ2) is 3.65. The van der Waals surface area contributed by atoms with E-state index in [4.69, 9.17) is 5.73 Å². The van der Waals surface area contributed by atoms with Crippen LogP contribution in [0.5, 0.6) is 0 Å². The number of benzene rings is 1. The molecule has 1 unspecified atom stereocenters. The second-order valence-corrected chi connectivity index (χ2v) is 3.74. The van der Waals surface area contributed by atoms with Crippen LogP contribution in [-0.2, 0) is 12.8 Å². The van der Waals surface area contributed by atoms with E-state index in [0.29, 0.717) is 5.56 Å². The van der Waals surface area contributed by atoms with E-state index in [1.165, 1.54) is 11.1 Å². The molecule has 1 aromatic rings. The van der Waals surface area contributed by atoms with Crippen LogP contribution in [-0.4, -0.2) is 6.43 Å². The molecule has 0 amide bonds. The molecular formula is C11H13F2N. The van der Waals surface area contributed by atoms with Crippen LogP contribution in [0.1, 0.15) is 29.2 Å². The van der Waals surface area contributed by atoms with Gasteiger partial charge in [0, 0.05) is 0 Å². The molecule has 1 atom stereocenters. The zero-order valence-corrected chi connectivity index (χ0v) is 7.84. The second-order valence-electron chi connectivity index (χ2n) is 3.74. The maximum atomic E-state index is 12.3. The minimum atomic E-state index is -2.48. The van der Waals surface area contributed by atoms with Crippen LogP contribution in [0.4, 0.5) is 8.78 Å². The smallest absolute Gasteiger partial charge is 0.257 e. The molecule has 1 aliphatic rings. The van der Waals surface area contributed by atoms with E-state index in [9.17, 15) is 8.78 Å². The Bertz CT molecular complexity index is 336. The molecule has 0 aromatic heterocycles. The van der Waals surface area contributed by atoms with Crippen LogP contribution < -0.4 is 5.73 Å². The highest BCUT2D eigenvalue weighted by atomic mass is 19.3. The van der Waals surface area contributed by atoms with Crippen molar-refractivity contribution in [1.82, 2.24) is 0 Å². The Kier molecular flexibility index (Phi) is 2.50. The minimum absolute atomic E-state index is 0.556. The summed E-state index contributed by atoms with van der Waals surface area (Å²) in [6.07, 6.45) is 0.718. The van der Waals surface area contributed by atoms with Crippen LogP contribution >= 0.6 is 0 Å². The highest BCUT2D eigenvalue weighted by molar-refractivity contribution is 5.36. The lowest BCUT2D eigenvalue weighted by Crippen LogP contribution is -2.19. The summed E-state index contributed by atoms with van der Waals surface area (Å²) >= 11 is 0. The van der Waals surface area contributed by atoms with Gasteiger partial charge in [-0.05, 0) is 36.0 Å². The SMILES string of the molecule is NC(c1ccc2c(c1)CCC2)C(F)F. The highest BCUT2D eigenvalue weighted by Crippen LogP contribution is 2.26. The Labute approximate surface area is 81.9 Å². The summed E-state index contributed by atoms with van der Waals surface area (Å²) in [4.78, 5) is 0. The van der Waals surface area contributed by atoms with Gasteiger partial charge in [-0.15, -0.1) is 0 Å². The first-order chi connectivity index (χ1) is 6.68. The molecule has 2 N–H and O–H groups in total. The maximum absolute atomic E-state index is 12.3. The molecule has 0 fully saturated rings. The molecule has 0 saturated carbocycles. The third-order valence-corrected chi connectivity index (χ3v) is 2.78. The average Bonchev–Trinajstić information content (AvgIpc) is 2.62. The lowest BCUT2D eigenvalue weighted by Gasteiger charge is -2.12. The summed E-state index contributed by atoms with van der Waals surface area (Å²) < 4.78 is 24.7. The predicted octanol–water partition coefficient (Wildman–Crippen LogP) is 2.44. The Morgan fingerprint density at radius 2 is 1.86 bits per heavy atom. The van der Waals surface area contributed by atoms with Gasteiger partial charge in [-0.25, -0.2) is 8.78 Å². The largest absolute Gasteiger partial charge is 0.319 e. The van der Waals surface area contributed by atoms with Crippen molar-refractivity contribution in [3.8, 4) is 0 Å². The Balaban J connectivity index is 2.28. The number of rotatable bonds is 2. The van der Waals surface area contributed by atoms with E-state index in [-0.39, 0.29) is 0 Å². The lowest BCUT2D eigenvalue weighted by molar-refractivity contribution is 0.116. The Hall–Kier alpha value is -0.960. The molecule has 0 saturated heterocycles. The van der Waals surface area contributed by atoms with E-state index in [1.54, 1.807) is 6.07 Å². The topological polar surface area (TPSA) is 26.0 Å². The van der Waals surface area contributed by atoms with Crippen molar-refractivity contribution in [2.75, 3.05) is 0 Å². The van der Waals surface area contributed by atoms with E-state index in [1.807, 2.05) is 12.1 Å².